The highest BCUT2D eigenvalue weighted by Crippen LogP contribution is 2.46. The first-order chi connectivity index (χ1) is 56.5. The van der Waals surface area contributed by atoms with Crippen LogP contribution in [0.5, 0.6) is 0 Å². The summed E-state index contributed by atoms with van der Waals surface area (Å²) in [5.74, 6) is 1.90. The second-order valence-corrected chi connectivity index (χ2v) is 29.2. The van der Waals surface area contributed by atoms with E-state index in [1.165, 1.54) is 115 Å². The van der Waals surface area contributed by atoms with Crippen LogP contribution in [0.1, 0.15) is 0 Å². The highest BCUT2D eigenvalue weighted by atomic mass is 15.0. The Morgan fingerprint density at radius 2 is 0.518 bits per heavy atom. The Bertz CT molecular complexity index is 7610. The summed E-state index contributed by atoms with van der Waals surface area (Å²) in [5, 5.41) is 14.8. The molecule has 0 saturated carbocycles. The number of hydrogen-bond acceptors (Lipinski definition) is 4. The Kier molecular flexibility index (Phi) is 15.7. The van der Waals surface area contributed by atoms with Crippen LogP contribution in [0.15, 0.2) is 413 Å². The molecular formula is C106H68N8. The van der Waals surface area contributed by atoms with Gasteiger partial charge < -0.3 is 18.3 Å². The lowest BCUT2D eigenvalue weighted by Crippen LogP contribution is -2.00. The number of fused-ring (bicyclic) bond motifs is 16. The van der Waals surface area contributed by atoms with Crippen molar-refractivity contribution < 1.29 is 0 Å². The monoisotopic (exact) mass is 1450 g/mol. The molecule has 8 nitrogen and oxygen atoms in total. The van der Waals surface area contributed by atoms with E-state index in [0.717, 1.165) is 78.5 Å². The van der Waals surface area contributed by atoms with Crippen molar-refractivity contribution in [3.05, 3.63) is 413 Å². The molecule has 23 rings (SSSR count). The van der Waals surface area contributed by atoms with E-state index in [0.29, 0.717) is 17.5 Å². The van der Waals surface area contributed by atoms with Crippen LogP contribution >= 0.6 is 0 Å². The summed E-state index contributed by atoms with van der Waals surface area (Å²) in [4.78, 5) is 20.2. The van der Waals surface area contributed by atoms with Crippen molar-refractivity contribution in [3.8, 4) is 102 Å². The van der Waals surface area contributed by atoms with Crippen molar-refractivity contribution in [2.75, 3.05) is 0 Å². The molecule has 0 N–H and O–H groups in total. The van der Waals surface area contributed by atoms with Gasteiger partial charge in [0.2, 0.25) is 0 Å². The van der Waals surface area contributed by atoms with Crippen molar-refractivity contribution in [1.29, 1.82) is 0 Å². The molecule has 0 spiro atoms. The Labute approximate surface area is 656 Å². The molecule has 532 valence electrons. The maximum atomic E-state index is 5.11. The Balaban J connectivity index is 0.000000140. The second kappa shape index (κ2) is 27.3. The van der Waals surface area contributed by atoms with Gasteiger partial charge >= 0.3 is 0 Å². The average Bonchev–Trinajstić information content (AvgIpc) is 1.55. The molecular weight excluding hydrogens is 1390 g/mol. The van der Waals surface area contributed by atoms with Gasteiger partial charge in [-0.05, 0) is 142 Å². The lowest BCUT2D eigenvalue weighted by molar-refractivity contribution is 1.07. The fourth-order valence-electron chi connectivity index (χ4n) is 17.4. The number of aromatic nitrogens is 8. The van der Waals surface area contributed by atoms with Crippen LogP contribution < -0.4 is 0 Å². The summed E-state index contributed by atoms with van der Waals surface area (Å²) < 4.78 is 9.76. The first kappa shape index (κ1) is 65.7. The minimum atomic E-state index is 0.626. The minimum absolute atomic E-state index is 0.626. The van der Waals surface area contributed by atoms with Gasteiger partial charge in [-0.2, -0.15) is 0 Å². The zero-order chi connectivity index (χ0) is 75.2. The Morgan fingerprint density at radius 3 is 1.04 bits per heavy atom. The van der Waals surface area contributed by atoms with E-state index < -0.39 is 0 Å². The molecule has 0 unspecified atom stereocenters. The van der Waals surface area contributed by atoms with E-state index in [9.17, 15) is 0 Å². The van der Waals surface area contributed by atoms with Crippen LogP contribution in [0.25, 0.3) is 210 Å². The van der Waals surface area contributed by atoms with Crippen LogP contribution in [0.4, 0.5) is 0 Å². The van der Waals surface area contributed by atoms with E-state index in [-0.39, 0.29) is 0 Å². The predicted molar refractivity (Wildman–Crippen MR) is 474 cm³/mol. The fourth-order valence-corrected chi connectivity index (χ4v) is 17.4. The highest BCUT2D eigenvalue weighted by Gasteiger charge is 2.25. The van der Waals surface area contributed by atoms with Gasteiger partial charge in [-0.3, -0.25) is 0 Å². The molecule has 6 aromatic heterocycles. The van der Waals surface area contributed by atoms with Crippen LogP contribution in [-0.2, 0) is 0 Å². The topological polar surface area (TPSA) is 71.3 Å². The molecule has 0 radical (unpaired) electrons. The van der Waals surface area contributed by atoms with Gasteiger partial charge in [0, 0.05) is 93.4 Å². The quantitative estimate of drug-likeness (QED) is 0.129. The van der Waals surface area contributed by atoms with Gasteiger partial charge in [-0.25, -0.2) is 19.9 Å². The van der Waals surface area contributed by atoms with Gasteiger partial charge in [0.25, 0.3) is 0 Å². The zero-order valence-electron chi connectivity index (χ0n) is 61.8. The number of nitrogens with zero attached hydrogens (tertiary/aromatic N) is 8. The molecule has 6 heterocycles. The van der Waals surface area contributed by atoms with Gasteiger partial charge in [-0.1, -0.05) is 309 Å². The Hall–Kier alpha value is -15.4. The second-order valence-electron chi connectivity index (χ2n) is 29.2. The molecule has 0 aliphatic heterocycles. The molecule has 17 aromatic carbocycles. The highest BCUT2D eigenvalue weighted by molar-refractivity contribution is 6.28. The molecule has 114 heavy (non-hydrogen) atoms. The number of rotatable bonds is 11. The third-order valence-electron chi connectivity index (χ3n) is 22.7. The number of pyridine rings is 1. The number of para-hydroxylation sites is 4. The lowest BCUT2D eigenvalue weighted by Gasteiger charge is -2.13. The molecule has 0 aliphatic rings. The van der Waals surface area contributed by atoms with E-state index in [4.69, 9.17) is 19.9 Å². The smallest absolute Gasteiger partial charge is 0.164 e. The van der Waals surface area contributed by atoms with E-state index in [2.05, 4.69) is 382 Å². The van der Waals surface area contributed by atoms with Crippen molar-refractivity contribution in [2.45, 2.75) is 0 Å². The van der Waals surface area contributed by atoms with Crippen molar-refractivity contribution in [1.82, 2.24) is 38.2 Å². The van der Waals surface area contributed by atoms with Gasteiger partial charge in [0.1, 0.15) is 0 Å². The summed E-state index contributed by atoms with van der Waals surface area (Å²) in [7, 11) is 0. The Morgan fingerprint density at radius 1 is 0.167 bits per heavy atom. The molecule has 8 heteroatoms. The fraction of sp³-hybridized carbons (Fsp3) is 0. The predicted octanol–water partition coefficient (Wildman–Crippen LogP) is 27.3. The SMILES string of the molecule is c1ccc(-c2cc(-c3ccc(-n4c5ccccc5c5ccc6c(c7ccccc7n6-c6cccc7ccccc67)c54)cc3)cc(-c3ccccc3)n2)cc1.c1ccc(-c2ccc(-c3nc(-c4ccccc4)nc(-c4ccc(-n5c6ccccc6c6ccc7c(c8ccccc8n7-c7ccc8ccccc8c7)c65)cc4)n3)cc2)cc1. The standard InChI is InChI=1S/C55H35N5.C51H33N3/c1-3-13-36(14-4-1)38-23-25-40(26-24-38)54-56-53(39-16-5-2-6-17-39)57-55(58-54)41-28-30-43(31-29-41)60-48-21-11-9-19-45(48)46-33-34-50-51(52(46)60)47-20-10-12-22-49(47)59(50)44-32-27-37-15-7-8-18-42(37)35-44;1-3-15-36(16-4-1)44-32-38(33-45(52-44)37-17-5-2-6-18-37)34-26-28-39(29-27-34)53-47-23-11-9-21-41(47)42-30-31-49-50(51(42)53)43-22-10-12-24-48(43)54(49)46-25-13-19-35-14-7-8-20-40(35)46/h1-35H;1-33H. The molecule has 0 amide bonds. The third kappa shape index (κ3) is 11.1. The molecule has 23 aromatic rings. The largest absolute Gasteiger partial charge is 0.309 e. The van der Waals surface area contributed by atoms with Crippen LogP contribution in [0, 0.1) is 0 Å². The van der Waals surface area contributed by atoms with Gasteiger partial charge in [0.15, 0.2) is 17.5 Å². The molecule has 0 aliphatic carbocycles. The average molecular weight is 1450 g/mol. The lowest BCUT2D eigenvalue weighted by atomic mass is 10.00. The minimum Gasteiger partial charge on any atom is -0.309 e. The first-order valence-electron chi connectivity index (χ1n) is 38.8. The molecule has 0 saturated heterocycles. The first-order valence-corrected chi connectivity index (χ1v) is 38.8. The molecule has 0 atom stereocenters. The van der Waals surface area contributed by atoms with E-state index >= 15 is 0 Å². The van der Waals surface area contributed by atoms with Crippen LogP contribution in [0.3, 0.4) is 0 Å². The van der Waals surface area contributed by atoms with Crippen LogP contribution in [0.2, 0.25) is 0 Å². The summed E-state index contributed by atoms with van der Waals surface area (Å²) in [6.07, 6.45) is 0. The summed E-state index contributed by atoms with van der Waals surface area (Å²) in [6.45, 7) is 0. The maximum Gasteiger partial charge on any atom is 0.164 e. The third-order valence-corrected chi connectivity index (χ3v) is 22.7. The van der Waals surface area contributed by atoms with Crippen LogP contribution in [-0.4, -0.2) is 38.2 Å². The van der Waals surface area contributed by atoms with Gasteiger partial charge in [0.05, 0.1) is 61.2 Å². The summed E-state index contributed by atoms with van der Waals surface area (Å²) >= 11 is 0. The summed E-state index contributed by atoms with van der Waals surface area (Å²) in [6, 6.07) is 147. The maximum absolute atomic E-state index is 5.11. The van der Waals surface area contributed by atoms with Gasteiger partial charge in [-0.15, -0.1) is 0 Å². The number of benzene rings is 17. The van der Waals surface area contributed by atoms with E-state index in [1.54, 1.807) is 0 Å². The molecule has 0 bridgehead atoms. The summed E-state index contributed by atoms with van der Waals surface area (Å²) in [5.41, 5.74) is 25.5. The van der Waals surface area contributed by atoms with Crippen molar-refractivity contribution in [2.24, 2.45) is 0 Å². The normalized spacial score (nSPS) is 11.7. The molecule has 0 fully saturated rings. The zero-order valence-corrected chi connectivity index (χ0v) is 61.8. The van der Waals surface area contributed by atoms with Crippen molar-refractivity contribution in [3.63, 3.8) is 0 Å². The number of hydrogen-bond donors (Lipinski definition) is 0. The van der Waals surface area contributed by atoms with Crippen molar-refractivity contribution >= 4 is 109 Å². The van der Waals surface area contributed by atoms with E-state index in [1.807, 2.05) is 48.5 Å².